The number of nitrogens with zero attached hydrogens (tertiary/aromatic N) is 3. The van der Waals surface area contributed by atoms with Crippen LogP contribution in [0.15, 0.2) is 108 Å². The summed E-state index contributed by atoms with van der Waals surface area (Å²) in [5.41, 5.74) is 2.75. The molecule has 5 rings (SSSR count). The molecule has 0 saturated heterocycles. The third-order valence-electron chi connectivity index (χ3n) is 5.75. The molecule has 1 aromatic heterocycles. The quantitative estimate of drug-likeness (QED) is 0.209. The van der Waals surface area contributed by atoms with Crippen LogP contribution < -0.4 is 10.1 Å². The lowest BCUT2D eigenvalue weighted by atomic mass is 10.1. The number of aromatic nitrogens is 3. The van der Waals surface area contributed by atoms with Crippen LogP contribution in [0.5, 0.6) is 5.75 Å². The molecule has 4 aromatic carbocycles. The monoisotopic (exact) mass is 544 g/mol. The molecule has 1 N–H and O–H groups in total. The van der Waals surface area contributed by atoms with Gasteiger partial charge in [0.25, 0.3) is 0 Å². The van der Waals surface area contributed by atoms with Crippen LogP contribution in [0.4, 0.5) is 10.1 Å². The molecule has 1 unspecified atom stereocenters. The van der Waals surface area contributed by atoms with E-state index in [-0.39, 0.29) is 11.7 Å². The van der Waals surface area contributed by atoms with Crippen molar-refractivity contribution in [1.29, 1.82) is 0 Å². The zero-order chi connectivity index (χ0) is 26.5. The van der Waals surface area contributed by atoms with Crippen molar-refractivity contribution in [3.63, 3.8) is 0 Å². The van der Waals surface area contributed by atoms with Crippen molar-refractivity contribution < 1.29 is 13.9 Å². The summed E-state index contributed by atoms with van der Waals surface area (Å²) < 4.78 is 20.6. The standard InChI is InChI=1S/C29H22ClFN4O2S/c1-37-23-17-15-22(16-18-23)35-27(24-9-5-6-10-25(24)30)33-34-29(35)38-26(19-7-3-2-4-8-19)28(36)32-21-13-11-20(31)12-14-21/h2-18,26H,1H3,(H,32,36). The highest BCUT2D eigenvalue weighted by Crippen LogP contribution is 2.39. The molecule has 0 radical (unpaired) electrons. The fraction of sp³-hybridized carbons (Fsp3) is 0.0690. The second-order valence-corrected chi connectivity index (χ2v) is 9.70. The predicted molar refractivity (Wildman–Crippen MR) is 148 cm³/mol. The van der Waals surface area contributed by atoms with E-state index in [9.17, 15) is 9.18 Å². The molecule has 6 nitrogen and oxygen atoms in total. The molecule has 0 aliphatic heterocycles. The largest absolute Gasteiger partial charge is 0.497 e. The summed E-state index contributed by atoms with van der Waals surface area (Å²) in [5.74, 6) is 0.582. The second-order valence-electron chi connectivity index (χ2n) is 8.22. The van der Waals surface area contributed by atoms with E-state index in [0.717, 1.165) is 11.3 Å². The molecule has 1 atom stereocenters. The zero-order valence-electron chi connectivity index (χ0n) is 20.2. The van der Waals surface area contributed by atoms with Gasteiger partial charge < -0.3 is 10.1 Å². The Balaban J connectivity index is 1.58. The van der Waals surface area contributed by atoms with Crippen LogP contribution in [-0.2, 0) is 4.79 Å². The van der Waals surface area contributed by atoms with E-state index in [1.807, 2.05) is 77.4 Å². The van der Waals surface area contributed by atoms with Gasteiger partial charge in [0.15, 0.2) is 11.0 Å². The van der Waals surface area contributed by atoms with Crippen molar-refractivity contribution in [2.45, 2.75) is 10.4 Å². The molecule has 0 saturated carbocycles. The molecule has 0 fully saturated rings. The first-order valence-electron chi connectivity index (χ1n) is 11.7. The fourth-order valence-electron chi connectivity index (χ4n) is 3.87. The topological polar surface area (TPSA) is 69.0 Å². The number of hydrogen-bond donors (Lipinski definition) is 1. The van der Waals surface area contributed by atoms with Crippen LogP contribution in [-0.4, -0.2) is 27.8 Å². The summed E-state index contributed by atoms with van der Waals surface area (Å²) in [7, 11) is 1.61. The van der Waals surface area contributed by atoms with Crippen LogP contribution in [0.3, 0.4) is 0 Å². The van der Waals surface area contributed by atoms with Gasteiger partial charge in [0.2, 0.25) is 5.91 Å². The average Bonchev–Trinajstić information content (AvgIpc) is 3.37. The second kappa shape index (κ2) is 11.5. The molecule has 1 heterocycles. The predicted octanol–water partition coefficient (Wildman–Crippen LogP) is 7.21. The summed E-state index contributed by atoms with van der Waals surface area (Å²) in [4.78, 5) is 13.5. The summed E-state index contributed by atoms with van der Waals surface area (Å²) in [6.45, 7) is 0. The van der Waals surface area contributed by atoms with E-state index in [1.165, 1.54) is 36.0 Å². The third-order valence-corrected chi connectivity index (χ3v) is 7.28. The Morgan fingerprint density at radius 1 is 0.921 bits per heavy atom. The molecule has 9 heteroatoms. The number of anilines is 1. The van der Waals surface area contributed by atoms with E-state index in [4.69, 9.17) is 16.3 Å². The van der Waals surface area contributed by atoms with Crippen LogP contribution in [0, 0.1) is 5.82 Å². The van der Waals surface area contributed by atoms with E-state index < -0.39 is 5.25 Å². The Morgan fingerprint density at radius 2 is 1.61 bits per heavy atom. The van der Waals surface area contributed by atoms with E-state index in [0.29, 0.717) is 33.0 Å². The SMILES string of the molecule is COc1ccc(-n2c(SC(C(=O)Nc3ccc(F)cc3)c3ccccc3)nnc2-c2ccccc2Cl)cc1. The number of ether oxygens (including phenoxy) is 1. The van der Waals surface area contributed by atoms with Gasteiger partial charge in [-0.3, -0.25) is 9.36 Å². The van der Waals surface area contributed by atoms with Crippen molar-refractivity contribution in [2.24, 2.45) is 0 Å². The average molecular weight is 545 g/mol. The Hall–Kier alpha value is -4.14. The van der Waals surface area contributed by atoms with Crippen molar-refractivity contribution >= 4 is 35.0 Å². The lowest BCUT2D eigenvalue weighted by Crippen LogP contribution is -2.19. The first-order valence-corrected chi connectivity index (χ1v) is 12.9. The first-order chi connectivity index (χ1) is 18.5. The molecule has 1 amide bonds. The van der Waals surface area contributed by atoms with Crippen molar-refractivity contribution in [3.05, 3.63) is 120 Å². The molecule has 0 spiro atoms. The van der Waals surface area contributed by atoms with Crippen molar-refractivity contribution in [1.82, 2.24) is 14.8 Å². The van der Waals surface area contributed by atoms with Gasteiger partial charge in [0.1, 0.15) is 16.8 Å². The molecule has 0 aliphatic carbocycles. The number of thioether (sulfide) groups is 1. The fourth-order valence-corrected chi connectivity index (χ4v) is 5.15. The van der Waals surface area contributed by atoms with Gasteiger partial charge in [0.05, 0.1) is 12.1 Å². The van der Waals surface area contributed by atoms with Crippen molar-refractivity contribution in [2.75, 3.05) is 12.4 Å². The Labute approximate surface area is 228 Å². The van der Waals surface area contributed by atoms with E-state index in [1.54, 1.807) is 13.2 Å². The highest BCUT2D eigenvalue weighted by atomic mass is 35.5. The first kappa shape index (κ1) is 25.5. The van der Waals surface area contributed by atoms with Crippen LogP contribution in [0.2, 0.25) is 5.02 Å². The van der Waals surface area contributed by atoms with Gasteiger partial charge >= 0.3 is 0 Å². The highest BCUT2D eigenvalue weighted by molar-refractivity contribution is 8.00. The summed E-state index contributed by atoms with van der Waals surface area (Å²) in [5, 5.41) is 12.2. The molecular weight excluding hydrogens is 523 g/mol. The van der Waals surface area contributed by atoms with Crippen LogP contribution >= 0.6 is 23.4 Å². The minimum atomic E-state index is -0.679. The van der Waals surface area contributed by atoms with Gasteiger partial charge in [-0.25, -0.2) is 4.39 Å². The van der Waals surface area contributed by atoms with E-state index >= 15 is 0 Å². The Bertz CT molecular complexity index is 1540. The molecule has 0 bridgehead atoms. The molecule has 0 aliphatic rings. The number of methoxy groups -OCH3 is 1. The maximum Gasteiger partial charge on any atom is 0.242 e. The maximum absolute atomic E-state index is 13.5. The van der Waals surface area contributed by atoms with Crippen molar-refractivity contribution in [3.8, 4) is 22.8 Å². The molecule has 5 aromatic rings. The zero-order valence-corrected chi connectivity index (χ0v) is 21.8. The summed E-state index contributed by atoms with van der Waals surface area (Å²) in [6.07, 6.45) is 0. The van der Waals surface area contributed by atoms with Gasteiger partial charge in [0, 0.05) is 16.9 Å². The molecular formula is C29H22ClFN4O2S. The summed E-state index contributed by atoms with van der Waals surface area (Å²) >= 11 is 7.78. The minimum Gasteiger partial charge on any atom is -0.497 e. The number of hydrogen-bond acceptors (Lipinski definition) is 5. The maximum atomic E-state index is 13.5. The number of halogens is 2. The van der Waals surface area contributed by atoms with Gasteiger partial charge in [-0.15, -0.1) is 10.2 Å². The number of benzene rings is 4. The number of carbonyl (C=O) groups excluding carboxylic acids is 1. The van der Waals surface area contributed by atoms with Crippen LogP contribution in [0.25, 0.3) is 17.1 Å². The number of nitrogens with one attached hydrogen (secondary N) is 1. The number of amides is 1. The van der Waals surface area contributed by atoms with Crippen LogP contribution in [0.1, 0.15) is 10.8 Å². The lowest BCUT2D eigenvalue weighted by Gasteiger charge is -2.18. The number of carbonyl (C=O) groups is 1. The number of rotatable bonds is 8. The van der Waals surface area contributed by atoms with Gasteiger partial charge in [-0.1, -0.05) is 65.8 Å². The van der Waals surface area contributed by atoms with E-state index in [2.05, 4.69) is 15.5 Å². The molecule has 38 heavy (non-hydrogen) atoms. The lowest BCUT2D eigenvalue weighted by molar-refractivity contribution is -0.115. The third kappa shape index (κ3) is 5.56. The Kier molecular flexibility index (Phi) is 7.72. The minimum absolute atomic E-state index is 0.281. The highest BCUT2D eigenvalue weighted by Gasteiger charge is 2.27. The summed E-state index contributed by atoms with van der Waals surface area (Å²) in [6, 6.07) is 29.9. The van der Waals surface area contributed by atoms with Gasteiger partial charge in [-0.05, 0) is 66.2 Å². The van der Waals surface area contributed by atoms with Gasteiger partial charge in [-0.2, -0.15) is 0 Å². The molecule has 190 valence electrons. The smallest absolute Gasteiger partial charge is 0.242 e. The Morgan fingerprint density at radius 3 is 2.29 bits per heavy atom. The normalized spacial score (nSPS) is 11.7.